The van der Waals surface area contributed by atoms with E-state index in [1.807, 2.05) is 13.0 Å². The average Bonchev–Trinajstić information content (AvgIpc) is 3.18. The summed E-state index contributed by atoms with van der Waals surface area (Å²) in [4.78, 5) is 4.49. The summed E-state index contributed by atoms with van der Waals surface area (Å²) >= 11 is 9.47. The smallest absolute Gasteiger partial charge is 0.244 e. The van der Waals surface area contributed by atoms with Crippen molar-refractivity contribution in [3.63, 3.8) is 0 Å². The van der Waals surface area contributed by atoms with Crippen molar-refractivity contribution in [2.75, 3.05) is 13.1 Å². The Bertz CT molecular complexity index is 1220. The third kappa shape index (κ3) is 4.70. The molecule has 32 heavy (non-hydrogen) atoms. The molecule has 0 aromatic heterocycles. The van der Waals surface area contributed by atoms with Gasteiger partial charge in [-0.2, -0.15) is 4.31 Å². The first-order valence-corrected chi connectivity index (χ1v) is 13.0. The number of aliphatic hydroxyl groups excluding tert-OH is 1. The molecule has 170 valence electrons. The van der Waals surface area contributed by atoms with Gasteiger partial charge in [0.15, 0.2) is 0 Å². The second-order valence-corrected chi connectivity index (χ2v) is 11.4. The lowest BCUT2D eigenvalue weighted by Gasteiger charge is -2.24. The predicted octanol–water partition coefficient (Wildman–Crippen LogP) is 5.26. The van der Waals surface area contributed by atoms with Crippen LogP contribution in [0, 0.1) is 11.7 Å². The van der Waals surface area contributed by atoms with Crippen LogP contribution in [0.1, 0.15) is 37.3 Å². The molecular formula is C23H23BrClFN2O3S. The number of benzene rings is 2. The molecule has 4 rings (SSSR count). The zero-order chi connectivity index (χ0) is 23.0. The molecule has 1 N–H and O–H groups in total. The summed E-state index contributed by atoms with van der Waals surface area (Å²) in [5, 5.41) is 10.3. The van der Waals surface area contributed by atoms with E-state index in [1.54, 1.807) is 30.5 Å². The zero-order valence-electron chi connectivity index (χ0n) is 17.4. The molecule has 9 heteroatoms. The van der Waals surface area contributed by atoms with Gasteiger partial charge in [-0.15, -0.1) is 0 Å². The minimum atomic E-state index is -3.84. The van der Waals surface area contributed by atoms with Crippen molar-refractivity contribution in [1.29, 1.82) is 0 Å². The summed E-state index contributed by atoms with van der Waals surface area (Å²) in [5.74, 6) is -0.514. The van der Waals surface area contributed by atoms with Gasteiger partial charge in [-0.05, 0) is 75.7 Å². The van der Waals surface area contributed by atoms with E-state index in [9.17, 15) is 17.9 Å². The number of hydrogen-bond donors (Lipinski definition) is 1. The Hall–Kier alpha value is -1.58. The van der Waals surface area contributed by atoms with E-state index in [2.05, 4.69) is 20.9 Å². The highest BCUT2D eigenvalue weighted by Gasteiger charge is 2.32. The Morgan fingerprint density at radius 1 is 1.22 bits per heavy atom. The number of sulfonamides is 1. The first kappa shape index (κ1) is 23.6. The molecule has 0 spiro atoms. The molecule has 2 heterocycles. The molecule has 2 aliphatic rings. The van der Waals surface area contributed by atoms with Crippen LogP contribution in [-0.4, -0.2) is 42.7 Å². The Kier molecular flexibility index (Phi) is 6.89. The van der Waals surface area contributed by atoms with Crippen LogP contribution in [0.2, 0.25) is 5.02 Å². The summed E-state index contributed by atoms with van der Waals surface area (Å²) in [6.45, 7) is 2.43. The lowest BCUT2D eigenvalue weighted by Crippen LogP contribution is -2.36. The van der Waals surface area contributed by atoms with Crippen molar-refractivity contribution in [3.05, 3.63) is 69.0 Å². The summed E-state index contributed by atoms with van der Waals surface area (Å²) in [6, 6.07) is 9.77. The number of halogens is 3. The molecule has 0 bridgehead atoms. The Balaban J connectivity index is 1.59. The second kappa shape index (κ2) is 9.35. The van der Waals surface area contributed by atoms with E-state index in [1.165, 1.54) is 10.4 Å². The van der Waals surface area contributed by atoms with Crippen LogP contribution in [0.4, 0.5) is 4.39 Å². The van der Waals surface area contributed by atoms with Gasteiger partial charge in [0, 0.05) is 25.7 Å². The molecule has 0 saturated carbocycles. The van der Waals surface area contributed by atoms with Crippen LogP contribution in [0.3, 0.4) is 0 Å². The highest BCUT2D eigenvalue weighted by Crippen LogP contribution is 2.32. The fourth-order valence-corrected chi connectivity index (χ4v) is 6.34. The monoisotopic (exact) mass is 540 g/mol. The summed E-state index contributed by atoms with van der Waals surface area (Å²) in [6.07, 6.45) is 2.78. The minimum absolute atomic E-state index is 0.0334. The molecule has 2 aliphatic heterocycles. The van der Waals surface area contributed by atoms with Gasteiger partial charge in [0.25, 0.3) is 0 Å². The Labute approximate surface area is 200 Å². The van der Waals surface area contributed by atoms with Crippen molar-refractivity contribution in [2.45, 2.75) is 37.2 Å². The third-order valence-corrected chi connectivity index (χ3v) is 8.95. The quantitative estimate of drug-likeness (QED) is 0.574. The maximum absolute atomic E-state index is 13.9. The van der Waals surface area contributed by atoms with Gasteiger partial charge in [-0.1, -0.05) is 30.7 Å². The number of aliphatic hydroxyl groups is 1. The molecular weight excluding hydrogens is 519 g/mol. The van der Waals surface area contributed by atoms with E-state index < -0.39 is 16.1 Å². The molecule has 1 fully saturated rings. The summed E-state index contributed by atoms with van der Waals surface area (Å²) < 4.78 is 42.5. The number of rotatable bonds is 4. The average molecular weight is 542 g/mol. The highest BCUT2D eigenvalue weighted by atomic mass is 79.9. The van der Waals surface area contributed by atoms with Crippen molar-refractivity contribution in [2.24, 2.45) is 10.9 Å². The van der Waals surface area contributed by atoms with Gasteiger partial charge < -0.3 is 5.11 Å². The Morgan fingerprint density at radius 3 is 2.72 bits per heavy atom. The van der Waals surface area contributed by atoms with Crippen LogP contribution >= 0.6 is 27.5 Å². The highest BCUT2D eigenvalue weighted by molar-refractivity contribution is 9.10. The van der Waals surface area contributed by atoms with Crippen molar-refractivity contribution in [1.82, 2.24) is 4.31 Å². The topological polar surface area (TPSA) is 70.0 Å². The zero-order valence-corrected chi connectivity index (χ0v) is 20.6. The normalized spacial score (nSPS) is 22.4. The van der Waals surface area contributed by atoms with Gasteiger partial charge in [-0.25, -0.2) is 12.8 Å². The molecule has 0 amide bonds. The number of aliphatic imine (C=N–C) groups is 1. The first-order chi connectivity index (χ1) is 15.2. The van der Waals surface area contributed by atoms with Crippen LogP contribution in [-0.2, 0) is 10.0 Å². The fourth-order valence-electron chi connectivity index (χ4n) is 4.01. The van der Waals surface area contributed by atoms with Crippen LogP contribution in [0.5, 0.6) is 0 Å². The molecule has 2 aromatic rings. The van der Waals surface area contributed by atoms with Gasteiger partial charge in [0.05, 0.1) is 21.3 Å². The SMILES string of the molecule is CC1CN(S(=O)(=O)c2cc(C3=NC=C(c4ccc(Br)c(F)c4)C3)ccc2Cl)CCCC1O. The largest absolute Gasteiger partial charge is 0.393 e. The van der Waals surface area contributed by atoms with E-state index in [0.29, 0.717) is 41.6 Å². The predicted molar refractivity (Wildman–Crippen MR) is 128 cm³/mol. The number of allylic oxidation sites excluding steroid dienone is 1. The molecule has 5 nitrogen and oxygen atoms in total. The second-order valence-electron chi connectivity index (χ2n) is 8.23. The van der Waals surface area contributed by atoms with Crippen molar-refractivity contribution >= 4 is 48.8 Å². The van der Waals surface area contributed by atoms with E-state index in [-0.39, 0.29) is 28.2 Å². The Morgan fingerprint density at radius 2 is 1.97 bits per heavy atom. The van der Waals surface area contributed by atoms with Crippen molar-refractivity contribution in [3.8, 4) is 0 Å². The van der Waals surface area contributed by atoms with E-state index in [4.69, 9.17) is 11.6 Å². The molecule has 0 radical (unpaired) electrons. The number of hydrogen-bond acceptors (Lipinski definition) is 4. The lowest BCUT2D eigenvalue weighted by molar-refractivity contribution is 0.111. The standard InChI is InChI=1S/C23H23BrClFN2O3S/c1-14-13-28(8-2-3-22(14)29)32(30,31)23-11-16(5-7-19(23)25)21-10-17(12-27-21)15-4-6-18(24)20(26)9-15/h4-7,9,11-12,14,22,29H,2-3,8,10,13H2,1H3. The van der Waals surface area contributed by atoms with Crippen LogP contribution < -0.4 is 0 Å². The van der Waals surface area contributed by atoms with Crippen LogP contribution in [0.15, 0.2) is 57.0 Å². The van der Waals surface area contributed by atoms with Crippen molar-refractivity contribution < 1.29 is 17.9 Å². The van der Waals surface area contributed by atoms with Gasteiger partial charge in [0.2, 0.25) is 10.0 Å². The summed E-state index contributed by atoms with van der Waals surface area (Å²) in [5.41, 5.74) is 2.92. The van der Waals surface area contributed by atoms with Crippen LogP contribution in [0.25, 0.3) is 5.57 Å². The maximum Gasteiger partial charge on any atom is 0.244 e. The fraction of sp³-hybridized carbons (Fsp3) is 0.348. The van der Waals surface area contributed by atoms with E-state index in [0.717, 1.165) is 11.1 Å². The molecule has 2 atom stereocenters. The molecule has 2 unspecified atom stereocenters. The maximum atomic E-state index is 13.9. The minimum Gasteiger partial charge on any atom is -0.393 e. The summed E-state index contributed by atoms with van der Waals surface area (Å²) in [7, 11) is -3.84. The molecule has 1 saturated heterocycles. The number of nitrogens with zero attached hydrogens (tertiary/aromatic N) is 2. The van der Waals surface area contributed by atoms with Gasteiger partial charge in [0.1, 0.15) is 10.7 Å². The molecule has 2 aromatic carbocycles. The van der Waals surface area contributed by atoms with E-state index >= 15 is 0 Å². The lowest BCUT2D eigenvalue weighted by atomic mass is 9.99. The van der Waals surface area contributed by atoms with Gasteiger partial charge in [-0.3, -0.25) is 4.99 Å². The van der Waals surface area contributed by atoms with Gasteiger partial charge >= 0.3 is 0 Å². The molecule has 0 aliphatic carbocycles. The first-order valence-electron chi connectivity index (χ1n) is 10.4. The third-order valence-electron chi connectivity index (χ3n) is 5.96.